The van der Waals surface area contributed by atoms with Gasteiger partial charge in [-0.05, 0) is 37.8 Å². The molecule has 0 atom stereocenters. The van der Waals surface area contributed by atoms with Gasteiger partial charge in [0.15, 0.2) is 11.5 Å². The van der Waals surface area contributed by atoms with Crippen LogP contribution in [-0.2, 0) is 0 Å². The molecule has 4 aromatic rings. The summed E-state index contributed by atoms with van der Waals surface area (Å²) in [6, 6.07) is 2.85. The predicted octanol–water partition coefficient (Wildman–Crippen LogP) is 4.65. The molecule has 1 saturated carbocycles. The molecule has 0 saturated heterocycles. The number of nitrogens with one attached hydrogen (secondary N) is 1. The highest BCUT2D eigenvalue weighted by Crippen LogP contribution is 2.32. The van der Waals surface area contributed by atoms with Crippen LogP contribution < -0.4 is 5.32 Å². The fourth-order valence-corrected chi connectivity index (χ4v) is 3.45. The number of aromatic nitrogens is 5. The lowest BCUT2D eigenvalue weighted by molar-refractivity contribution is 0.289. The zero-order valence-corrected chi connectivity index (χ0v) is 15.2. The Labute approximate surface area is 159 Å². The first kappa shape index (κ1) is 16.9. The normalized spacial score (nSPS) is 14.4. The van der Waals surface area contributed by atoms with Crippen LogP contribution in [0.25, 0.3) is 16.9 Å². The maximum Gasteiger partial charge on any atom is 0.180 e. The minimum absolute atomic E-state index is 0.277. The van der Waals surface area contributed by atoms with Crippen LogP contribution in [0.3, 0.4) is 0 Å². The van der Waals surface area contributed by atoms with Gasteiger partial charge in [0, 0.05) is 30.2 Å². The Balaban J connectivity index is 1.53. The molecule has 142 valence electrons. The number of fused-ring (bicyclic) bond motifs is 1. The molecule has 0 spiro atoms. The number of imidazole rings is 1. The van der Waals surface area contributed by atoms with Crippen LogP contribution in [0.4, 0.5) is 20.3 Å². The summed E-state index contributed by atoms with van der Waals surface area (Å²) in [7, 11) is 0. The van der Waals surface area contributed by atoms with Crippen molar-refractivity contribution in [2.24, 2.45) is 0 Å². The monoisotopic (exact) mass is 380 g/mol. The van der Waals surface area contributed by atoms with Crippen LogP contribution in [0.2, 0.25) is 0 Å². The standard InChI is InChI=1S/C20H18F2N6/c1-12-7-15(17(22)8-16(12)21)18-10-24-19(20-23-5-6-27(18)20)26-13-9-25-28(11-13)14-3-2-4-14/h5-11,14H,2-4H2,1H3,(H,24,26). The molecule has 5 rings (SSSR count). The van der Waals surface area contributed by atoms with Gasteiger partial charge in [-0.25, -0.2) is 18.7 Å². The van der Waals surface area contributed by atoms with Gasteiger partial charge in [-0.3, -0.25) is 9.08 Å². The van der Waals surface area contributed by atoms with Crippen molar-refractivity contribution in [2.45, 2.75) is 32.2 Å². The number of nitrogens with zero attached hydrogens (tertiary/aromatic N) is 5. The van der Waals surface area contributed by atoms with Gasteiger partial charge in [0.05, 0.1) is 29.8 Å². The maximum absolute atomic E-state index is 14.4. The molecule has 3 heterocycles. The molecule has 8 heteroatoms. The number of benzene rings is 1. The lowest BCUT2D eigenvalue weighted by Crippen LogP contribution is -2.17. The largest absolute Gasteiger partial charge is 0.335 e. The molecule has 1 aromatic carbocycles. The average Bonchev–Trinajstić information content (AvgIpc) is 3.27. The molecule has 6 nitrogen and oxygen atoms in total. The van der Waals surface area contributed by atoms with E-state index in [1.807, 2.05) is 10.9 Å². The third kappa shape index (κ3) is 2.72. The summed E-state index contributed by atoms with van der Waals surface area (Å²) < 4.78 is 31.7. The Bertz CT molecular complexity index is 1170. The van der Waals surface area contributed by atoms with Gasteiger partial charge in [-0.1, -0.05) is 0 Å². The first-order valence-electron chi connectivity index (χ1n) is 9.19. The molecular weight excluding hydrogens is 362 g/mol. The summed E-state index contributed by atoms with van der Waals surface area (Å²) in [5, 5.41) is 7.65. The van der Waals surface area contributed by atoms with Crippen LogP contribution in [-0.4, -0.2) is 24.1 Å². The van der Waals surface area contributed by atoms with Gasteiger partial charge < -0.3 is 5.32 Å². The second-order valence-corrected chi connectivity index (χ2v) is 7.11. The SMILES string of the molecule is Cc1cc(-c2cnc(Nc3cnn(C4CCC4)c3)c3nccn23)c(F)cc1F. The van der Waals surface area contributed by atoms with E-state index in [4.69, 9.17) is 0 Å². The zero-order valence-electron chi connectivity index (χ0n) is 15.2. The van der Waals surface area contributed by atoms with Crippen molar-refractivity contribution in [3.8, 4) is 11.3 Å². The molecule has 3 aromatic heterocycles. The number of aryl methyl sites for hydroxylation is 1. The lowest BCUT2D eigenvalue weighted by atomic mass is 9.93. The number of hydrogen-bond acceptors (Lipinski definition) is 4. The van der Waals surface area contributed by atoms with Crippen LogP contribution in [0.5, 0.6) is 0 Å². The van der Waals surface area contributed by atoms with E-state index in [1.54, 1.807) is 36.1 Å². The topological polar surface area (TPSA) is 60.0 Å². The Morgan fingerprint density at radius 3 is 2.75 bits per heavy atom. The summed E-state index contributed by atoms with van der Waals surface area (Å²) >= 11 is 0. The van der Waals surface area contributed by atoms with Gasteiger partial charge in [-0.15, -0.1) is 0 Å². The molecule has 1 fully saturated rings. The number of rotatable bonds is 4. The van der Waals surface area contributed by atoms with Gasteiger partial charge in [0.2, 0.25) is 0 Å². The first-order valence-corrected chi connectivity index (χ1v) is 9.19. The molecular formula is C20H18F2N6. The Hall–Kier alpha value is -3.29. The van der Waals surface area contributed by atoms with Crippen LogP contribution in [0.15, 0.2) is 43.1 Å². The summed E-state index contributed by atoms with van der Waals surface area (Å²) in [5.41, 5.74) is 2.52. The quantitative estimate of drug-likeness (QED) is 0.560. The van der Waals surface area contributed by atoms with Gasteiger partial charge in [0.1, 0.15) is 11.6 Å². The molecule has 0 amide bonds. The van der Waals surface area contributed by atoms with Crippen molar-refractivity contribution in [2.75, 3.05) is 5.32 Å². The van der Waals surface area contributed by atoms with E-state index in [0.29, 0.717) is 28.8 Å². The second kappa shape index (κ2) is 6.40. The van der Waals surface area contributed by atoms with Gasteiger partial charge >= 0.3 is 0 Å². The maximum atomic E-state index is 14.4. The van der Waals surface area contributed by atoms with E-state index in [-0.39, 0.29) is 5.56 Å². The molecule has 0 radical (unpaired) electrons. The average molecular weight is 380 g/mol. The van der Waals surface area contributed by atoms with E-state index < -0.39 is 11.6 Å². The summed E-state index contributed by atoms with van der Waals surface area (Å²) in [6.45, 7) is 1.60. The Morgan fingerprint density at radius 1 is 1.11 bits per heavy atom. The number of anilines is 2. The molecule has 0 unspecified atom stereocenters. The van der Waals surface area contributed by atoms with Crippen molar-refractivity contribution in [1.82, 2.24) is 24.1 Å². The predicted molar refractivity (Wildman–Crippen MR) is 101 cm³/mol. The van der Waals surface area contributed by atoms with Crippen LogP contribution in [0.1, 0.15) is 30.9 Å². The van der Waals surface area contributed by atoms with E-state index in [0.717, 1.165) is 24.6 Å². The fraction of sp³-hybridized carbons (Fsp3) is 0.250. The zero-order chi connectivity index (χ0) is 19.3. The van der Waals surface area contributed by atoms with Crippen molar-refractivity contribution in [1.29, 1.82) is 0 Å². The molecule has 0 bridgehead atoms. The molecule has 1 N–H and O–H groups in total. The Morgan fingerprint density at radius 2 is 1.96 bits per heavy atom. The van der Waals surface area contributed by atoms with Crippen molar-refractivity contribution < 1.29 is 8.78 Å². The lowest BCUT2D eigenvalue weighted by Gasteiger charge is -2.25. The second-order valence-electron chi connectivity index (χ2n) is 7.11. The molecule has 0 aliphatic heterocycles. The highest BCUT2D eigenvalue weighted by atomic mass is 19.1. The third-order valence-electron chi connectivity index (χ3n) is 5.27. The molecule has 1 aliphatic carbocycles. The van der Waals surface area contributed by atoms with Crippen LogP contribution >= 0.6 is 0 Å². The van der Waals surface area contributed by atoms with E-state index in [1.165, 1.54) is 12.5 Å². The smallest absolute Gasteiger partial charge is 0.180 e. The highest BCUT2D eigenvalue weighted by Gasteiger charge is 2.20. The highest BCUT2D eigenvalue weighted by molar-refractivity contribution is 5.74. The minimum Gasteiger partial charge on any atom is -0.335 e. The Kier molecular flexibility index (Phi) is 3.85. The van der Waals surface area contributed by atoms with E-state index in [2.05, 4.69) is 20.4 Å². The summed E-state index contributed by atoms with van der Waals surface area (Å²) in [4.78, 5) is 8.79. The summed E-state index contributed by atoms with van der Waals surface area (Å²) in [5.74, 6) is -0.665. The fourth-order valence-electron chi connectivity index (χ4n) is 3.45. The molecule has 1 aliphatic rings. The third-order valence-corrected chi connectivity index (χ3v) is 5.27. The summed E-state index contributed by atoms with van der Waals surface area (Å²) in [6.07, 6.45) is 12.2. The van der Waals surface area contributed by atoms with Crippen LogP contribution in [0, 0.1) is 18.6 Å². The van der Waals surface area contributed by atoms with Gasteiger partial charge in [-0.2, -0.15) is 5.10 Å². The number of hydrogen-bond donors (Lipinski definition) is 1. The van der Waals surface area contributed by atoms with Crippen molar-refractivity contribution >= 4 is 17.2 Å². The molecule has 28 heavy (non-hydrogen) atoms. The van der Waals surface area contributed by atoms with E-state index >= 15 is 0 Å². The first-order chi connectivity index (χ1) is 13.6. The van der Waals surface area contributed by atoms with Crippen molar-refractivity contribution in [3.63, 3.8) is 0 Å². The van der Waals surface area contributed by atoms with Gasteiger partial charge in [0.25, 0.3) is 0 Å². The minimum atomic E-state index is -0.637. The van der Waals surface area contributed by atoms with Crippen molar-refractivity contribution in [3.05, 3.63) is 60.3 Å². The van der Waals surface area contributed by atoms with E-state index in [9.17, 15) is 8.78 Å². The number of halogens is 2.